The highest BCUT2D eigenvalue weighted by Crippen LogP contribution is 2.27. The van der Waals surface area contributed by atoms with Crippen LogP contribution < -0.4 is 10.1 Å². The number of rotatable bonds is 8. The number of allylic oxidation sites excluding steroid dienone is 1. The summed E-state index contributed by atoms with van der Waals surface area (Å²) < 4.78 is 27.2. The minimum atomic E-state index is -1.12. The third-order valence-corrected chi connectivity index (χ3v) is 5.96. The number of anilines is 1. The lowest BCUT2D eigenvalue weighted by Crippen LogP contribution is -2.42. The van der Waals surface area contributed by atoms with Gasteiger partial charge in [-0.1, -0.05) is 35.5 Å². The first-order chi connectivity index (χ1) is 17.8. The Morgan fingerprint density at radius 3 is 2.57 bits per heavy atom. The first-order valence-corrected chi connectivity index (χ1v) is 11.7. The zero-order valence-corrected chi connectivity index (χ0v) is 20.6. The van der Waals surface area contributed by atoms with Gasteiger partial charge in [-0.25, -0.2) is 14.4 Å². The van der Waals surface area contributed by atoms with E-state index in [1.807, 2.05) is 28.9 Å². The van der Waals surface area contributed by atoms with Crippen molar-refractivity contribution in [1.29, 1.82) is 0 Å². The third kappa shape index (κ3) is 5.02. The number of nitrogens with one attached hydrogen (secondary N) is 1. The van der Waals surface area contributed by atoms with Crippen LogP contribution in [0, 0.1) is 12.7 Å². The van der Waals surface area contributed by atoms with E-state index >= 15 is 0 Å². The number of halogens is 1. The number of para-hydroxylation sites is 1. The first-order valence-electron chi connectivity index (χ1n) is 11.7. The number of amides is 1. The summed E-state index contributed by atoms with van der Waals surface area (Å²) in [6, 6.07) is 17.5. The molecule has 0 unspecified atom stereocenters. The van der Waals surface area contributed by atoms with Crippen molar-refractivity contribution in [1.82, 2.24) is 15.1 Å². The second kappa shape index (κ2) is 9.77. The van der Waals surface area contributed by atoms with Crippen molar-refractivity contribution in [2.45, 2.75) is 32.9 Å². The highest BCUT2D eigenvalue weighted by atomic mass is 19.1. The summed E-state index contributed by atoms with van der Waals surface area (Å²) in [5.41, 5.74) is 2.55. The van der Waals surface area contributed by atoms with E-state index in [0.29, 0.717) is 39.9 Å². The van der Waals surface area contributed by atoms with Crippen LogP contribution >= 0.6 is 0 Å². The number of benzene rings is 2. The number of aryl methyl sites for hydroxylation is 1. The molecule has 4 aromatic rings. The van der Waals surface area contributed by atoms with Gasteiger partial charge in [0, 0.05) is 6.07 Å². The van der Waals surface area contributed by atoms with Gasteiger partial charge in [-0.2, -0.15) is 4.58 Å². The van der Waals surface area contributed by atoms with Crippen LogP contribution in [0.3, 0.4) is 0 Å². The Morgan fingerprint density at radius 1 is 1.11 bits per heavy atom. The molecule has 0 saturated carbocycles. The second-order valence-electron chi connectivity index (χ2n) is 9.05. The molecule has 37 heavy (non-hydrogen) atoms. The fraction of sp³-hybridized carbons (Fsp3) is 0.179. The van der Waals surface area contributed by atoms with Gasteiger partial charge >= 0.3 is 0 Å². The Kier molecular flexibility index (Phi) is 6.35. The summed E-state index contributed by atoms with van der Waals surface area (Å²) in [7, 11) is 0. The summed E-state index contributed by atoms with van der Waals surface area (Å²) in [5, 5.41) is 6.87. The number of hydrogen-bond acceptors (Lipinski definition) is 6. The summed E-state index contributed by atoms with van der Waals surface area (Å²) >= 11 is 0. The molecule has 1 N–H and O–H groups in total. The van der Waals surface area contributed by atoms with E-state index in [-0.39, 0.29) is 18.3 Å². The molecule has 0 bridgehead atoms. The molecule has 0 radical (unpaired) electrons. The normalized spacial score (nSPS) is 13.1. The molecule has 1 amide bonds. The Balaban J connectivity index is 1.38. The van der Waals surface area contributed by atoms with E-state index in [4.69, 9.17) is 9.26 Å². The number of nitrogens with zero attached hydrogens (tertiary/aromatic N) is 4. The topological polar surface area (TPSA) is 93.1 Å². The molecule has 2 aromatic carbocycles. The van der Waals surface area contributed by atoms with Crippen molar-refractivity contribution in [2.24, 2.45) is 0 Å². The first kappa shape index (κ1) is 24.1. The summed E-state index contributed by atoms with van der Waals surface area (Å²) in [6.45, 7) is 5.45. The van der Waals surface area contributed by atoms with Crippen LogP contribution in [0.1, 0.15) is 36.6 Å². The molecule has 0 spiro atoms. The molecule has 0 saturated heterocycles. The molecule has 1 aliphatic rings. The zero-order valence-electron chi connectivity index (χ0n) is 20.6. The molecule has 9 heteroatoms. The molecule has 0 atom stereocenters. The lowest BCUT2D eigenvalue weighted by molar-refractivity contribution is -0.458. The summed E-state index contributed by atoms with van der Waals surface area (Å²) in [6.07, 6.45) is 4.92. The Morgan fingerprint density at radius 2 is 1.86 bits per heavy atom. The van der Waals surface area contributed by atoms with Crippen LogP contribution in [-0.4, -0.2) is 36.9 Å². The fourth-order valence-electron chi connectivity index (χ4n) is 3.87. The van der Waals surface area contributed by atoms with Gasteiger partial charge in [-0.3, -0.25) is 4.79 Å². The number of carbonyl (C=O) groups is 1. The van der Waals surface area contributed by atoms with Gasteiger partial charge in [-0.15, -0.1) is 0 Å². The lowest BCUT2D eigenvalue weighted by atomic mass is 10.1. The molecule has 5 rings (SSSR count). The number of carbonyl (C=O) groups excluding carboxylic acids is 1. The average molecular weight is 499 g/mol. The molecule has 0 fully saturated rings. The highest BCUT2D eigenvalue weighted by Gasteiger charge is 2.37. The highest BCUT2D eigenvalue weighted by molar-refractivity contribution is 6.11. The lowest BCUT2D eigenvalue weighted by Gasteiger charge is -2.25. The number of aromatic nitrogens is 3. The van der Waals surface area contributed by atoms with Gasteiger partial charge in [0.25, 0.3) is 11.6 Å². The van der Waals surface area contributed by atoms with Gasteiger partial charge in [0.15, 0.2) is 17.8 Å². The van der Waals surface area contributed by atoms with Gasteiger partial charge < -0.3 is 14.6 Å². The number of hydrogen-bond donors (Lipinski definition) is 1. The van der Waals surface area contributed by atoms with Crippen molar-refractivity contribution in [2.75, 3.05) is 5.32 Å². The van der Waals surface area contributed by atoms with Crippen LogP contribution in [0.15, 0.2) is 83.7 Å². The largest absolute Gasteiger partial charge is 0.478 e. The van der Waals surface area contributed by atoms with Gasteiger partial charge in [0.1, 0.15) is 17.8 Å². The zero-order chi connectivity index (χ0) is 26.0. The van der Waals surface area contributed by atoms with Crippen LogP contribution in [-0.2, 0) is 11.3 Å². The quantitative estimate of drug-likeness (QED) is 0.352. The Labute approximate surface area is 213 Å². The number of ether oxygens (including phenoxy) is 1. The maximum Gasteiger partial charge on any atom is 0.268 e. The average Bonchev–Trinajstić information content (AvgIpc) is 3.39. The molecule has 3 heterocycles. The van der Waals surface area contributed by atoms with Crippen molar-refractivity contribution >= 4 is 23.0 Å². The SMILES string of the molecule is Cc1nc(C2=[N+](Cc3ccccc3F)C(c3ccon3)=C2)ncc1NC(=O)C(C)(C)Oc1ccccc1. The molecular weight excluding hydrogens is 473 g/mol. The molecule has 2 aromatic heterocycles. The maximum absolute atomic E-state index is 14.4. The minimum absolute atomic E-state index is 0.270. The standard InChI is InChI=1S/C28H24FN5O3/c1-18-23(32-27(35)28(2,3)37-20-10-5-4-6-11-20)16-30-26(31-18)25-15-24(22-13-14-36-33-22)34(25)17-19-9-7-8-12-21(19)29/h4-16H,17H2,1-3H3/p+1. The van der Waals surface area contributed by atoms with Crippen molar-refractivity contribution in [3.63, 3.8) is 0 Å². The van der Waals surface area contributed by atoms with E-state index in [1.165, 1.54) is 12.3 Å². The van der Waals surface area contributed by atoms with Gasteiger partial charge in [-0.05, 0) is 45.0 Å². The summed E-state index contributed by atoms with van der Waals surface area (Å²) in [4.78, 5) is 22.1. The van der Waals surface area contributed by atoms with Gasteiger partial charge in [0.05, 0.1) is 29.2 Å². The Bertz CT molecular complexity index is 1510. The van der Waals surface area contributed by atoms with Crippen molar-refractivity contribution in [3.05, 3.63) is 108 Å². The second-order valence-corrected chi connectivity index (χ2v) is 9.05. The maximum atomic E-state index is 14.4. The predicted octanol–water partition coefficient (Wildman–Crippen LogP) is 4.76. The fourth-order valence-corrected chi connectivity index (χ4v) is 3.87. The minimum Gasteiger partial charge on any atom is -0.478 e. The predicted molar refractivity (Wildman–Crippen MR) is 136 cm³/mol. The van der Waals surface area contributed by atoms with E-state index in [2.05, 4.69) is 20.4 Å². The smallest absolute Gasteiger partial charge is 0.268 e. The van der Waals surface area contributed by atoms with Crippen molar-refractivity contribution in [3.8, 4) is 5.75 Å². The van der Waals surface area contributed by atoms with E-state index in [1.54, 1.807) is 63.4 Å². The monoisotopic (exact) mass is 498 g/mol. The summed E-state index contributed by atoms with van der Waals surface area (Å²) in [5.74, 6) is 0.404. The van der Waals surface area contributed by atoms with E-state index in [9.17, 15) is 9.18 Å². The molecule has 0 aliphatic carbocycles. The van der Waals surface area contributed by atoms with Crippen LogP contribution in [0.4, 0.5) is 10.1 Å². The molecule has 1 aliphatic heterocycles. The Hall–Kier alpha value is -4.66. The van der Waals surface area contributed by atoms with E-state index < -0.39 is 5.60 Å². The van der Waals surface area contributed by atoms with E-state index in [0.717, 1.165) is 5.70 Å². The molecular formula is C28H25FN5O3+. The third-order valence-electron chi connectivity index (χ3n) is 5.96. The van der Waals surface area contributed by atoms with Crippen LogP contribution in [0.5, 0.6) is 5.75 Å². The van der Waals surface area contributed by atoms with Crippen LogP contribution in [0.2, 0.25) is 0 Å². The van der Waals surface area contributed by atoms with Gasteiger partial charge in [0.2, 0.25) is 11.5 Å². The van der Waals surface area contributed by atoms with Crippen molar-refractivity contribution < 1.29 is 23.0 Å². The van der Waals surface area contributed by atoms with Crippen LogP contribution in [0.25, 0.3) is 5.70 Å². The molecule has 186 valence electrons. The molecule has 8 nitrogen and oxygen atoms in total.